The van der Waals surface area contributed by atoms with E-state index in [0.29, 0.717) is 0 Å². The molecule has 0 radical (unpaired) electrons. The smallest absolute Gasteiger partial charge is 0.193 e. The van der Waals surface area contributed by atoms with Crippen molar-refractivity contribution in [2.24, 2.45) is 4.99 Å². The summed E-state index contributed by atoms with van der Waals surface area (Å²) in [6.07, 6.45) is 11.1. The Balaban J connectivity index is 1.52. The zero-order valence-corrected chi connectivity index (χ0v) is 13.0. The summed E-state index contributed by atoms with van der Waals surface area (Å²) >= 11 is 0. The van der Waals surface area contributed by atoms with Gasteiger partial charge in [-0.25, -0.2) is 0 Å². The van der Waals surface area contributed by atoms with Crippen LogP contribution in [0.5, 0.6) is 0 Å². The van der Waals surface area contributed by atoms with Crippen LogP contribution in [0.25, 0.3) is 0 Å². The van der Waals surface area contributed by atoms with Crippen LogP contribution in [-0.4, -0.2) is 61.1 Å². The largest absolute Gasteiger partial charge is 0.355 e. The second-order valence-electron chi connectivity index (χ2n) is 6.69. The summed E-state index contributed by atoms with van der Waals surface area (Å²) in [6.45, 7) is 4.53. The first kappa shape index (κ1) is 14.2. The van der Waals surface area contributed by atoms with Crippen LogP contribution in [0.2, 0.25) is 0 Å². The molecule has 1 aliphatic carbocycles. The van der Waals surface area contributed by atoms with Gasteiger partial charge in [0.05, 0.1) is 0 Å². The normalized spacial score (nSPS) is 29.6. The highest BCUT2D eigenvalue weighted by Gasteiger charge is 2.31. The maximum atomic E-state index is 4.62. The third kappa shape index (κ3) is 3.27. The maximum absolute atomic E-state index is 4.62. The van der Waals surface area contributed by atoms with Crippen molar-refractivity contribution in [2.45, 2.75) is 63.5 Å². The van der Waals surface area contributed by atoms with Gasteiger partial charge >= 0.3 is 0 Å². The lowest BCUT2D eigenvalue weighted by Gasteiger charge is -2.36. The maximum Gasteiger partial charge on any atom is 0.193 e. The van der Waals surface area contributed by atoms with E-state index in [1.165, 1.54) is 57.9 Å². The summed E-state index contributed by atoms with van der Waals surface area (Å²) in [7, 11) is 2.15. The number of hydrogen-bond acceptors (Lipinski definition) is 4. The van der Waals surface area contributed by atoms with Gasteiger partial charge in [0.1, 0.15) is 0 Å². The van der Waals surface area contributed by atoms with Crippen LogP contribution in [0.4, 0.5) is 0 Å². The predicted octanol–water partition coefficient (Wildman–Crippen LogP) is 2.06. The summed E-state index contributed by atoms with van der Waals surface area (Å²) in [5, 5.41) is 3.62. The Bertz CT molecular complexity index is 335. The minimum absolute atomic E-state index is 0.733. The Labute approximate surface area is 123 Å². The number of aliphatic imine (C=N–C) groups is 1. The Kier molecular flexibility index (Phi) is 4.81. The van der Waals surface area contributed by atoms with Gasteiger partial charge in [-0.15, -0.1) is 0 Å². The van der Waals surface area contributed by atoms with Crippen molar-refractivity contribution < 1.29 is 0 Å². The fraction of sp³-hybridized carbons (Fsp3) is 0.938. The minimum atomic E-state index is 0.733. The molecular weight excluding hydrogens is 248 g/mol. The molecule has 0 amide bonds. The lowest BCUT2D eigenvalue weighted by Crippen LogP contribution is -2.49. The van der Waals surface area contributed by atoms with E-state index in [1.54, 1.807) is 0 Å². The minimum Gasteiger partial charge on any atom is -0.355 e. The molecular formula is C16H30N4. The SMILES string of the molecule is CN1CCCN=C1NCC1CCCN1C1CCCCC1. The van der Waals surface area contributed by atoms with E-state index < -0.39 is 0 Å². The molecule has 0 aromatic carbocycles. The highest BCUT2D eigenvalue weighted by atomic mass is 15.3. The molecule has 2 fully saturated rings. The third-order valence-corrected chi connectivity index (χ3v) is 5.24. The molecule has 0 aromatic heterocycles. The molecule has 0 bridgehead atoms. The fourth-order valence-electron chi connectivity index (χ4n) is 4.09. The van der Waals surface area contributed by atoms with Gasteiger partial charge in [-0.1, -0.05) is 19.3 Å². The molecule has 1 saturated heterocycles. The van der Waals surface area contributed by atoms with Gasteiger partial charge in [0.15, 0.2) is 5.96 Å². The molecule has 0 aromatic rings. The van der Waals surface area contributed by atoms with Crippen molar-refractivity contribution in [3.63, 3.8) is 0 Å². The standard InChI is InChI=1S/C16H30N4/c1-19-11-6-10-17-16(19)18-13-15-9-5-12-20(15)14-7-3-2-4-8-14/h14-15H,2-13H2,1H3,(H,17,18). The molecule has 0 spiro atoms. The lowest BCUT2D eigenvalue weighted by molar-refractivity contribution is 0.142. The Morgan fingerprint density at radius 2 is 1.90 bits per heavy atom. The van der Waals surface area contributed by atoms with E-state index in [1.807, 2.05) is 0 Å². The van der Waals surface area contributed by atoms with Gasteiger partial charge in [-0.3, -0.25) is 9.89 Å². The van der Waals surface area contributed by atoms with Crippen LogP contribution in [0.3, 0.4) is 0 Å². The van der Waals surface area contributed by atoms with Crippen LogP contribution in [0, 0.1) is 0 Å². The van der Waals surface area contributed by atoms with Crippen molar-refractivity contribution in [3.05, 3.63) is 0 Å². The quantitative estimate of drug-likeness (QED) is 0.857. The first-order valence-corrected chi connectivity index (χ1v) is 8.60. The van der Waals surface area contributed by atoms with Gasteiger partial charge in [-0.05, 0) is 38.6 Å². The van der Waals surface area contributed by atoms with Gasteiger partial charge in [0.2, 0.25) is 0 Å². The van der Waals surface area contributed by atoms with Crippen LogP contribution >= 0.6 is 0 Å². The monoisotopic (exact) mass is 278 g/mol. The van der Waals surface area contributed by atoms with Gasteiger partial charge in [0, 0.05) is 38.8 Å². The number of rotatable bonds is 3. The highest BCUT2D eigenvalue weighted by molar-refractivity contribution is 5.80. The Morgan fingerprint density at radius 3 is 2.70 bits per heavy atom. The van der Waals surface area contributed by atoms with Crippen LogP contribution in [0.1, 0.15) is 51.4 Å². The zero-order chi connectivity index (χ0) is 13.8. The summed E-state index contributed by atoms with van der Waals surface area (Å²) in [4.78, 5) is 9.69. The molecule has 114 valence electrons. The first-order chi connectivity index (χ1) is 9.84. The van der Waals surface area contributed by atoms with Crippen molar-refractivity contribution >= 4 is 5.96 Å². The average molecular weight is 278 g/mol. The number of hydrogen-bond donors (Lipinski definition) is 1. The number of guanidine groups is 1. The zero-order valence-electron chi connectivity index (χ0n) is 13.0. The summed E-state index contributed by atoms with van der Waals surface area (Å²) in [6, 6.07) is 1.60. The van der Waals surface area contributed by atoms with Gasteiger partial charge < -0.3 is 10.2 Å². The van der Waals surface area contributed by atoms with E-state index in [2.05, 4.69) is 27.2 Å². The third-order valence-electron chi connectivity index (χ3n) is 5.24. The number of nitrogens with zero attached hydrogens (tertiary/aromatic N) is 3. The molecule has 1 unspecified atom stereocenters. The van der Waals surface area contributed by atoms with Crippen molar-refractivity contribution in [2.75, 3.05) is 33.2 Å². The first-order valence-electron chi connectivity index (χ1n) is 8.60. The second kappa shape index (κ2) is 6.79. The Morgan fingerprint density at radius 1 is 1.05 bits per heavy atom. The molecule has 4 nitrogen and oxygen atoms in total. The molecule has 4 heteroatoms. The summed E-state index contributed by atoms with van der Waals surface area (Å²) in [5.74, 6) is 1.12. The second-order valence-corrected chi connectivity index (χ2v) is 6.69. The van der Waals surface area contributed by atoms with E-state index in [9.17, 15) is 0 Å². The topological polar surface area (TPSA) is 30.9 Å². The molecule has 2 aliphatic heterocycles. The number of nitrogens with one attached hydrogen (secondary N) is 1. The van der Waals surface area contributed by atoms with E-state index in [4.69, 9.17) is 0 Å². The lowest BCUT2D eigenvalue weighted by atomic mass is 9.94. The molecule has 2 heterocycles. The van der Waals surface area contributed by atoms with Gasteiger partial charge in [-0.2, -0.15) is 0 Å². The highest BCUT2D eigenvalue weighted by Crippen LogP contribution is 2.28. The average Bonchev–Trinajstić information content (AvgIpc) is 2.96. The molecule has 1 N–H and O–H groups in total. The fourth-order valence-corrected chi connectivity index (χ4v) is 4.09. The van der Waals surface area contributed by atoms with E-state index in [-0.39, 0.29) is 0 Å². The molecule has 1 atom stereocenters. The van der Waals surface area contributed by atoms with Crippen molar-refractivity contribution in [1.29, 1.82) is 0 Å². The van der Waals surface area contributed by atoms with Crippen LogP contribution < -0.4 is 5.32 Å². The van der Waals surface area contributed by atoms with Gasteiger partial charge in [0.25, 0.3) is 0 Å². The summed E-state index contributed by atoms with van der Waals surface area (Å²) < 4.78 is 0. The summed E-state index contributed by atoms with van der Waals surface area (Å²) in [5.41, 5.74) is 0. The molecule has 1 saturated carbocycles. The number of likely N-dealkylation sites (tertiary alicyclic amines) is 1. The van der Waals surface area contributed by atoms with Crippen LogP contribution in [-0.2, 0) is 0 Å². The van der Waals surface area contributed by atoms with Crippen molar-refractivity contribution in [1.82, 2.24) is 15.1 Å². The van der Waals surface area contributed by atoms with E-state index in [0.717, 1.165) is 37.7 Å². The van der Waals surface area contributed by atoms with Crippen molar-refractivity contribution in [3.8, 4) is 0 Å². The molecule has 3 aliphatic rings. The Hall–Kier alpha value is -0.770. The van der Waals surface area contributed by atoms with Crippen LogP contribution in [0.15, 0.2) is 4.99 Å². The molecule has 3 rings (SSSR count). The molecule has 20 heavy (non-hydrogen) atoms. The predicted molar refractivity (Wildman–Crippen MR) is 84.2 cm³/mol. The van der Waals surface area contributed by atoms with E-state index >= 15 is 0 Å².